The topological polar surface area (TPSA) is 24.5 Å². The highest BCUT2D eigenvalue weighted by Gasteiger charge is 2.53. The van der Waals surface area contributed by atoms with E-state index in [0.29, 0.717) is 12.0 Å². The Balaban J connectivity index is 2.73. The summed E-state index contributed by atoms with van der Waals surface area (Å²) in [5.41, 5.74) is -0.163. The van der Waals surface area contributed by atoms with Gasteiger partial charge in [0, 0.05) is 18.5 Å². The monoisotopic (exact) mass is 298 g/mol. The van der Waals surface area contributed by atoms with Gasteiger partial charge in [0.05, 0.1) is 11.2 Å². The first kappa shape index (κ1) is 18.9. The molecule has 0 amide bonds. The normalized spacial score (nSPS) is 27.7. The molecule has 2 unspecified atom stereocenters. The Morgan fingerprint density at radius 3 is 2.29 bits per heavy atom. The molecule has 0 aliphatic carbocycles. The summed E-state index contributed by atoms with van der Waals surface area (Å²) >= 11 is 0. The molecule has 0 radical (unpaired) electrons. The van der Waals surface area contributed by atoms with E-state index in [-0.39, 0.29) is 11.2 Å². The van der Waals surface area contributed by atoms with Crippen LogP contribution in [0, 0.1) is 11.8 Å². The Morgan fingerprint density at radius 2 is 1.76 bits per heavy atom. The zero-order valence-electron chi connectivity index (χ0n) is 15.6. The molecule has 0 aromatic carbocycles. The van der Waals surface area contributed by atoms with Crippen molar-refractivity contribution in [2.75, 3.05) is 26.7 Å². The molecule has 1 fully saturated rings. The van der Waals surface area contributed by atoms with Crippen molar-refractivity contribution in [1.29, 1.82) is 0 Å². The summed E-state index contributed by atoms with van der Waals surface area (Å²) in [6, 6.07) is 0.425. The number of nitrogens with zero attached hydrogens (tertiary/aromatic N) is 1. The Labute approximate surface area is 132 Å². The fourth-order valence-electron chi connectivity index (χ4n) is 3.62. The van der Waals surface area contributed by atoms with E-state index < -0.39 is 0 Å². The van der Waals surface area contributed by atoms with Gasteiger partial charge in [-0.1, -0.05) is 20.8 Å². The predicted molar refractivity (Wildman–Crippen MR) is 91.8 cm³/mol. The Morgan fingerprint density at radius 1 is 1.14 bits per heavy atom. The second-order valence-electron chi connectivity index (χ2n) is 8.29. The average Bonchev–Trinajstić information content (AvgIpc) is 2.50. The van der Waals surface area contributed by atoms with Crippen molar-refractivity contribution in [3.05, 3.63) is 0 Å². The van der Waals surface area contributed by atoms with Gasteiger partial charge < -0.3 is 15.0 Å². The Bertz CT molecular complexity index is 312. The minimum atomic E-state index is -0.0950. The fraction of sp³-hybridized carbons (Fsp3) is 1.00. The maximum Gasteiger partial charge on any atom is 0.0790 e. The van der Waals surface area contributed by atoms with Crippen LogP contribution in [0.25, 0.3) is 0 Å². The highest BCUT2D eigenvalue weighted by Crippen LogP contribution is 2.42. The molecule has 2 atom stereocenters. The van der Waals surface area contributed by atoms with Crippen LogP contribution in [0.3, 0.4) is 0 Å². The summed E-state index contributed by atoms with van der Waals surface area (Å²) < 4.78 is 6.40. The van der Waals surface area contributed by atoms with Crippen molar-refractivity contribution < 1.29 is 4.74 Å². The van der Waals surface area contributed by atoms with Crippen molar-refractivity contribution in [2.45, 2.75) is 78.6 Å². The average molecular weight is 299 g/mol. The van der Waals surface area contributed by atoms with Gasteiger partial charge in [-0.15, -0.1) is 0 Å². The number of hydrogen-bond donors (Lipinski definition) is 1. The largest absolute Gasteiger partial charge is 0.368 e. The van der Waals surface area contributed by atoms with Crippen molar-refractivity contribution in [2.24, 2.45) is 11.8 Å². The molecule has 1 N–H and O–H groups in total. The Hall–Kier alpha value is -0.120. The highest BCUT2D eigenvalue weighted by molar-refractivity contribution is 5.06. The van der Waals surface area contributed by atoms with E-state index in [9.17, 15) is 0 Å². The van der Waals surface area contributed by atoms with Gasteiger partial charge in [-0.25, -0.2) is 0 Å². The minimum absolute atomic E-state index is 0.0685. The third kappa shape index (κ3) is 5.22. The van der Waals surface area contributed by atoms with E-state index >= 15 is 0 Å². The molecule has 1 aliphatic heterocycles. The van der Waals surface area contributed by atoms with Crippen LogP contribution >= 0.6 is 0 Å². The molecular formula is C18H38N2O. The van der Waals surface area contributed by atoms with Crippen molar-refractivity contribution in [3.8, 4) is 0 Å². The second kappa shape index (κ2) is 7.43. The lowest BCUT2D eigenvalue weighted by atomic mass is 9.82. The van der Waals surface area contributed by atoms with Crippen LogP contribution in [0.1, 0.15) is 61.3 Å². The summed E-state index contributed by atoms with van der Waals surface area (Å²) in [5.74, 6) is 1.29. The molecule has 0 aromatic rings. The van der Waals surface area contributed by atoms with Crippen molar-refractivity contribution in [1.82, 2.24) is 10.2 Å². The predicted octanol–water partition coefficient (Wildman–Crippen LogP) is 3.54. The van der Waals surface area contributed by atoms with Gasteiger partial charge in [0.25, 0.3) is 0 Å². The van der Waals surface area contributed by atoms with Crippen LogP contribution in [0.5, 0.6) is 0 Å². The minimum Gasteiger partial charge on any atom is -0.368 e. The van der Waals surface area contributed by atoms with Crippen LogP contribution in [0.4, 0.5) is 0 Å². The van der Waals surface area contributed by atoms with E-state index in [0.717, 1.165) is 19.0 Å². The van der Waals surface area contributed by atoms with Crippen LogP contribution in [0.2, 0.25) is 0 Å². The van der Waals surface area contributed by atoms with E-state index in [4.69, 9.17) is 4.74 Å². The van der Waals surface area contributed by atoms with Crippen LogP contribution in [-0.2, 0) is 4.74 Å². The van der Waals surface area contributed by atoms with E-state index in [1.165, 1.54) is 19.4 Å². The number of nitrogens with one attached hydrogen (secondary N) is 1. The smallest absolute Gasteiger partial charge is 0.0790 e. The molecule has 1 saturated heterocycles. The van der Waals surface area contributed by atoms with Gasteiger partial charge in [-0.3, -0.25) is 0 Å². The summed E-state index contributed by atoms with van der Waals surface area (Å²) in [5, 5.41) is 3.75. The molecule has 1 aliphatic rings. The van der Waals surface area contributed by atoms with Gasteiger partial charge in [0.15, 0.2) is 0 Å². The third-order valence-corrected chi connectivity index (χ3v) is 4.78. The van der Waals surface area contributed by atoms with Gasteiger partial charge in [0.1, 0.15) is 0 Å². The number of hydrogen-bond acceptors (Lipinski definition) is 3. The first-order valence-corrected chi connectivity index (χ1v) is 8.72. The second-order valence-corrected chi connectivity index (χ2v) is 8.29. The zero-order valence-corrected chi connectivity index (χ0v) is 15.6. The Kier molecular flexibility index (Phi) is 6.70. The lowest BCUT2D eigenvalue weighted by molar-refractivity contribution is -0.0792. The molecular weight excluding hydrogens is 260 g/mol. The van der Waals surface area contributed by atoms with Crippen molar-refractivity contribution in [3.63, 3.8) is 0 Å². The third-order valence-electron chi connectivity index (χ3n) is 4.78. The molecule has 3 heteroatoms. The lowest BCUT2D eigenvalue weighted by Gasteiger charge is -2.33. The molecule has 1 rings (SSSR count). The van der Waals surface area contributed by atoms with Crippen LogP contribution in [-0.4, -0.2) is 48.8 Å². The fourth-order valence-corrected chi connectivity index (χ4v) is 3.62. The molecule has 0 spiro atoms. The van der Waals surface area contributed by atoms with Crippen LogP contribution < -0.4 is 5.32 Å². The van der Waals surface area contributed by atoms with Crippen molar-refractivity contribution >= 4 is 0 Å². The zero-order chi connectivity index (χ0) is 16.3. The van der Waals surface area contributed by atoms with E-state index in [2.05, 4.69) is 65.7 Å². The summed E-state index contributed by atoms with van der Waals surface area (Å²) in [4.78, 5) is 2.48. The molecule has 21 heavy (non-hydrogen) atoms. The molecule has 3 nitrogen and oxygen atoms in total. The SMILES string of the molecule is CCCNC1C(CN(C)CCC(C)C)C(C)(C)OC1(C)C. The number of rotatable bonds is 8. The van der Waals surface area contributed by atoms with Gasteiger partial charge in [0.2, 0.25) is 0 Å². The molecule has 126 valence electrons. The summed E-state index contributed by atoms with van der Waals surface area (Å²) in [6.07, 6.45) is 2.43. The maximum absolute atomic E-state index is 6.40. The van der Waals surface area contributed by atoms with Crippen LogP contribution in [0.15, 0.2) is 0 Å². The quantitative estimate of drug-likeness (QED) is 0.742. The summed E-state index contributed by atoms with van der Waals surface area (Å²) in [7, 11) is 2.25. The molecule has 0 saturated carbocycles. The lowest BCUT2D eigenvalue weighted by Crippen LogP contribution is -2.50. The maximum atomic E-state index is 6.40. The first-order valence-electron chi connectivity index (χ1n) is 8.72. The van der Waals surface area contributed by atoms with E-state index in [1.807, 2.05) is 0 Å². The summed E-state index contributed by atoms with van der Waals surface area (Å²) in [6.45, 7) is 19.1. The van der Waals surface area contributed by atoms with Gasteiger partial charge in [-0.2, -0.15) is 0 Å². The highest BCUT2D eigenvalue weighted by atomic mass is 16.5. The first-order chi connectivity index (χ1) is 9.60. The van der Waals surface area contributed by atoms with Gasteiger partial charge in [-0.05, 0) is 66.6 Å². The number of ether oxygens (including phenoxy) is 1. The molecule has 0 aromatic heterocycles. The molecule has 0 bridgehead atoms. The van der Waals surface area contributed by atoms with E-state index in [1.54, 1.807) is 0 Å². The standard InChI is InChI=1S/C18H38N2O/c1-9-11-19-16-15(13-20(8)12-10-14(2)3)17(4,5)21-18(16,6)7/h14-16,19H,9-13H2,1-8H3. The molecule has 1 heterocycles. The van der Waals surface area contributed by atoms with Gasteiger partial charge >= 0.3 is 0 Å².